The summed E-state index contributed by atoms with van der Waals surface area (Å²) in [4.78, 5) is 10.7. The minimum Gasteiger partial charge on any atom is -0.460 e. The second-order valence-electron chi connectivity index (χ2n) is 2.00. The number of hydrogen-bond donors (Lipinski definition) is 1. The van der Waals surface area contributed by atoms with E-state index in [0.717, 1.165) is 0 Å². The highest BCUT2D eigenvalue weighted by atomic mass is 16.6. The summed E-state index contributed by atoms with van der Waals surface area (Å²) >= 11 is 0. The fourth-order valence-electron chi connectivity index (χ4n) is 0.552. The molecule has 0 aliphatic heterocycles. The van der Waals surface area contributed by atoms with Crippen molar-refractivity contribution in [2.45, 2.75) is 6.92 Å². The zero-order valence-corrected chi connectivity index (χ0v) is 7.16. The van der Waals surface area contributed by atoms with Gasteiger partial charge < -0.3 is 14.6 Å². The third kappa shape index (κ3) is 7.24. The van der Waals surface area contributed by atoms with Gasteiger partial charge in [0.2, 0.25) is 0 Å². The summed E-state index contributed by atoms with van der Waals surface area (Å²) in [5.41, 5.74) is 0. The molecule has 0 fully saturated rings. The first-order valence-corrected chi connectivity index (χ1v) is 3.79. The molecular formula is C8H14O4. The highest BCUT2D eigenvalue weighted by molar-refractivity contribution is 5.81. The molecular weight excluding hydrogens is 160 g/mol. The van der Waals surface area contributed by atoms with Crippen molar-refractivity contribution >= 4 is 5.97 Å². The van der Waals surface area contributed by atoms with Gasteiger partial charge in [-0.1, -0.05) is 6.08 Å². The predicted molar refractivity (Wildman–Crippen MR) is 43.7 cm³/mol. The first-order chi connectivity index (χ1) is 5.81. The number of allylic oxidation sites excluding steroid dienone is 1. The molecule has 70 valence electrons. The minimum absolute atomic E-state index is 0.0111. The lowest BCUT2D eigenvalue weighted by atomic mass is 10.5. The van der Waals surface area contributed by atoms with Gasteiger partial charge in [0.15, 0.2) is 0 Å². The summed E-state index contributed by atoms with van der Waals surface area (Å²) in [5.74, 6) is -0.370. The van der Waals surface area contributed by atoms with Crippen LogP contribution in [0.15, 0.2) is 12.2 Å². The molecule has 0 aromatic heterocycles. The molecule has 12 heavy (non-hydrogen) atoms. The molecule has 4 heteroatoms. The van der Waals surface area contributed by atoms with E-state index >= 15 is 0 Å². The fourth-order valence-corrected chi connectivity index (χ4v) is 0.552. The Morgan fingerprint density at radius 2 is 2.17 bits per heavy atom. The number of carbonyl (C=O) groups is 1. The fraction of sp³-hybridized carbons (Fsp3) is 0.625. The van der Waals surface area contributed by atoms with Crippen molar-refractivity contribution in [3.05, 3.63) is 12.2 Å². The maximum absolute atomic E-state index is 10.7. The molecule has 4 nitrogen and oxygen atoms in total. The van der Waals surface area contributed by atoms with Gasteiger partial charge in [0.05, 0.1) is 19.8 Å². The van der Waals surface area contributed by atoms with Crippen LogP contribution in [0.4, 0.5) is 0 Å². The van der Waals surface area contributed by atoms with E-state index in [1.54, 1.807) is 13.0 Å². The zero-order valence-electron chi connectivity index (χ0n) is 7.16. The van der Waals surface area contributed by atoms with Crippen molar-refractivity contribution in [1.29, 1.82) is 0 Å². The van der Waals surface area contributed by atoms with E-state index < -0.39 is 0 Å². The van der Waals surface area contributed by atoms with Gasteiger partial charge in [0.1, 0.15) is 6.61 Å². The average Bonchev–Trinajstić information content (AvgIpc) is 2.05. The molecule has 0 aromatic rings. The van der Waals surface area contributed by atoms with Crippen LogP contribution >= 0.6 is 0 Å². The van der Waals surface area contributed by atoms with Gasteiger partial charge in [-0.25, -0.2) is 4.79 Å². The SMILES string of the molecule is CC=CC(=O)OCCOCCO. The summed E-state index contributed by atoms with van der Waals surface area (Å²) < 4.78 is 9.56. The Hall–Kier alpha value is -0.870. The van der Waals surface area contributed by atoms with Crippen LogP contribution in [0.3, 0.4) is 0 Å². The molecule has 0 atom stereocenters. The van der Waals surface area contributed by atoms with Crippen LogP contribution in [-0.2, 0) is 14.3 Å². The van der Waals surface area contributed by atoms with Gasteiger partial charge in [0, 0.05) is 6.08 Å². The second kappa shape index (κ2) is 8.23. The van der Waals surface area contributed by atoms with Gasteiger partial charge in [0.25, 0.3) is 0 Å². The van der Waals surface area contributed by atoms with Crippen molar-refractivity contribution in [2.75, 3.05) is 26.4 Å². The van der Waals surface area contributed by atoms with E-state index in [1.807, 2.05) is 0 Å². The molecule has 0 amide bonds. The lowest BCUT2D eigenvalue weighted by Gasteiger charge is -2.01. The Labute approximate surface area is 71.8 Å². The summed E-state index contributed by atoms with van der Waals surface area (Å²) in [6.45, 7) is 2.56. The summed E-state index contributed by atoms with van der Waals surface area (Å²) in [6, 6.07) is 0. The minimum atomic E-state index is -0.370. The molecule has 0 heterocycles. The molecule has 1 N–H and O–H groups in total. The Kier molecular flexibility index (Phi) is 7.63. The van der Waals surface area contributed by atoms with Gasteiger partial charge in [-0.05, 0) is 6.92 Å². The number of aliphatic hydroxyl groups is 1. The Balaban J connectivity index is 3.14. The largest absolute Gasteiger partial charge is 0.460 e. The smallest absolute Gasteiger partial charge is 0.330 e. The molecule has 0 rings (SSSR count). The molecule has 0 aromatic carbocycles. The van der Waals surface area contributed by atoms with Crippen molar-refractivity contribution in [2.24, 2.45) is 0 Å². The Bertz CT molecular complexity index is 142. The zero-order chi connectivity index (χ0) is 9.23. The Morgan fingerprint density at radius 3 is 2.75 bits per heavy atom. The van der Waals surface area contributed by atoms with E-state index in [2.05, 4.69) is 0 Å². The number of esters is 1. The van der Waals surface area contributed by atoms with Crippen LogP contribution in [0.2, 0.25) is 0 Å². The van der Waals surface area contributed by atoms with Crippen molar-refractivity contribution in [1.82, 2.24) is 0 Å². The first kappa shape index (κ1) is 11.1. The quantitative estimate of drug-likeness (QED) is 0.353. The van der Waals surface area contributed by atoms with E-state index in [9.17, 15) is 4.79 Å². The van der Waals surface area contributed by atoms with E-state index in [0.29, 0.717) is 6.61 Å². The average molecular weight is 174 g/mol. The standard InChI is InChI=1S/C8H14O4/c1-2-3-8(10)12-7-6-11-5-4-9/h2-3,9H,4-7H2,1H3. The summed E-state index contributed by atoms with van der Waals surface area (Å²) in [5, 5.41) is 8.32. The van der Waals surface area contributed by atoms with Gasteiger partial charge >= 0.3 is 5.97 Å². The number of rotatable bonds is 6. The van der Waals surface area contributed by atoms with Crippen LogP contribution < -0.4 is 0 Å². The molecule has 0 saturated carbocycles. The second-order valence-corrected chi connectivity index (χ2v) is 2.00. The number of aliphatic hydroxyl groups excluding tert-OH is 1. The molecule has 0 aliphatic carbocycles. The number of ether oxygens (including phenoxy) is 2. The molecule has 0 radical (unpaired) electrons. The maximum atomic E-state index is 10.7. The lowest BCUT2D eigenvalue weighted by Crippen LogP contribution is -2.10. The third-order valence-electron chi connectivity index (χ3n) is 1.01. The van der Waals surface area contributed by atoms with Crippen LogP contribution in [0.5, 0.6) is 0 Å². The van der Waals surface area contributed by atoms with Crippen molar-refractivity contribution in [3.8, 4) is 0 Å². The lowest BCUT2D eigenvalue weighted by molar-refractivity contribution is -0.139. The van der Waals surface area contributed by atoms with Crippen molar-refractivity contribution in [3.63, 3.8) is 0 Å². The molecule has 0 unspecified atom stereocenters. The van der Waals surface area contributed by atoms with Crippen LogP contribution in [0.25, 0.3) is 0 Å². The highest BCUT2D eigenvalue weighted by Crippen LogP contribution is 1.82. The summed E-state index contributed by atoms with van der Waals surface area (Å²) in [6.07, 6.45) is 2.95. The van der Waals surface area contributed by atoms with Gasteiger partial charge in [-0.2, -0.15) is 0 Å². The van der Waals surface area contributed by atoms with Crippen LogP contribution in [-0.4, -0.2) is 37.5 Å². The Morgan fingerprint density at radius 1 is 1.42 bits per heavy atom. The third-order valence-corrected chi connectivity index (χ3v) is 1.01. The van der Waals surface area contributed by atoms with E-state index in [1.165, 1.54) is 6.08 Å². The number of carbonyl (C=O) groups excluding carboxylic acids is 1. The van der Waals surface area contributed by atoms with E-state index in [-0.39, 0.29) is 25.8 Å². The molecule has 0 aliphatic rings. The molecule has 0 bridgehead atoms. The number of hydrogen-bond acceptors (Lipinski definition) is 4. The van der Waals surface area contributed by atoms with Gasteiger partial charge in [-0.15, -0.1) is 0 Å². The monoisotopic (exact) mass is 174 g/mol. The molecule has 0 spiro atoms. The molecule has 0 saturated heterocycles. The highest BCUT2D eigenvalue weighted by Gasteiger charge is 1.94. The topological polar surface area (TPSA) is 55.8 Å². The van der Waals surface area contributed by atoms with Crippen LogP contribution in [0, 0.1) is 0 Å². The normalized spacial score (nSPS) is 10.5. The first-order valence-electron chi connectivity index (χ1n) is 3.79. The van der Waals surface area contributed by atoms with Crippen molar-refractivity contribution < 1.29 is 19.4 Å². The van der Waals surface area contributed by atoms with Gasteiger partial charge in [-0.3, -0.25) is 0 Å². The predicted octanol–water partition coefficient (Wildman–Crippen LogP) is 0.115. The maximum Gasteiger partial charge on any atom is 0.330 e. The van der Waals surface area contributed by atoms with E-state index in [4.69, 9.17) is 14.6 Å². The van der Waals surface area contributed by atoms with Crippen LogP contribution in [0.1, 0.15) is 6.92 Å². The summed E-state index contributed by atoms with van der Waals surface area (Å²) in [7, 11) is 0.